The molecule has 1 aromatic heterocycles. The standard InChI is InChI=1S/C25H25Cl2FN4O2/c1-2-25(18-5-7-21(28)8-6-18)16-31(10-11-32(25)24(33)34)15-17-4-3-9-29-23(17)30-22-13-19(26)12-20(27)14-22/h3-9,12-14H,2,10-11,15-16H2,1H3,(H,29,30)(H,33,34)/p-1. The molecule has 1 saturated heterocycles. The van der Waals surface area contributed by atoms with Crippen molar-refractivity contribution in [2.45, 2.75) is 25.4 Å². The molecule has 1 amide bonds. The first kappa shape index (κ1) is 24.3. The van der Waals surface area contributed by atoms with Gasteiger partial charge in [-0.2, -0.15) is 0 Å². The van der Waals surface area contributed by atoms with Gasteiger partial charge in [-0.05, 0) is 48.4 Å². The van der Waals surface area contributed by atoms with Gasteiger partial charge in [0.05, 0.1) is 5.54 Å². The molecule has 1 unspecified atom stereocenters. The van der Waals surface area contributed by atoms with Crippen LogP contribution in [0.2, 0.25) is 10.0 Å². The van der Waals surface area contributed by atoms with E-state index in [2.05, 4.69) is 15.2 Å². The van der Waals surface area contributed by atoms with Crippen molar-refractivity contribution in [1.82, 2.24) is 14.8 Å². The van der Waals surface area contributed by atoms with Crippen LogP contribution in [0.15, 0.2) is 60.8 Å². The number of benzene rings is 2. The lowest BCUT2D eigenvalue weighted by atomic mass is 9.83. The average molecular weight is 502 g/mol. The van der Waals surface area contributed by atoms with Crippen molar-refractivity contribution in [2.75, 3.05) is 25.0 Å². The van der Waals surface area contributed by atoms with Crippen LogP contribution in [0.3, 0.4) is 0 Å². The highest BCUT2D eigenvalue weighted by Gasteiger charge is 2.42. The van der Waals surface area contributed by atoms with Crippen LogP contribution in [0.1, 0.15) is 24.5 Å². The van der Waals surface area contributed by atoms with Gasteiger partial charge in [0, 0.05) is 53.7 Å². The number of nitrogens with zero attached hydrogens (tertiary/aromatic N) is 3. The van der Waals surface area contributed by atoms with Crippen molar-refractivity contribution in [3.8, 4) is 0 Å². The lowest BCUT2D eigenvalue weighted by molar-refractivity contribution is -0.275. The van der Waals surface area contributed by atoms with Gasteiger partial charge in [-0.1, -0.05) is 48.3 Å². The molecule has 9 heteroatoms. The Labute approximate surface area is 207 Å². The molecule has 6 nitrogen and oxygen atoms in total. The number of hydrogen-bond donors (Lipinski definition) is 1. The number of carbonyl (C=O) groups excluding carboxylic acids is 1. The number of hydrogen-bond acceptors (Lipinski definition) is 5. The van der Waals surface area contributed by atoms with Crippen molar-refractivity contribution < 1.29 is 14.3 Å². The number of rotatable bonds is 6. The number of amides is 1. The van der Waals surface area contributed by atoms with E-state index in [0.717, 1.165) is 11.1 Å². The average Bonchev–Trinajstić information content (AvgIpc) is 2.80. The van der Waals surface area contributed by atoms with E-state index in [1.54, 1.807) is 36.5 Å². The van der Waals surface area contributed by atoms with Gasteiger partial charge in [-0.15, -0.1) is 0 Å². The summed E-state index contributed by atoms with van der Waals surface area (Å²) in [6.07, 6.45) is 0.982. The molecule has 1 N–H and O–H groups in total. The zero-order valence-electron chi connectivity index (χ0n) is 18.6. The van der Waals surface area contributed by atoms with Gasteiger partial charge in [-0.3, -0.25) is 4.90 Å². The minimum absolute atomic E-state index is 0.278. The summed E-state index contributed by atoms with van der Waals surface area (Å²) in [5.74, 6) is 0.293. The van der Waals surface area contributed by atoms with Gasteiger partial charge in [0.2, 0.25) is 0 Å². The van der Waals surface area contributed by atoms with Crippen molar-refractivity contribution >= 4 is 40.8 Å². The summed E-state index contributed by atoms with van der Waals surface area (Å²) in [4.78, 5) is 20.1. The zero-order chi connectivity index (χ0) is 24.3. The second-order valence-corrected chi connectivity index (χ2v) is 9.19. The van der Waals surface area contributed by atoms with E-state index < -0.39 is 11.6 Å². The lowest BCUT2D eigenvalue weighted by Crippen LogP contribution is -2.64. The number of carboxylic acid groups (broad SMARTS) is 1. The Morgan fingerprint density at radius 3 is 2.50 bits per heavy atom. The van der Waals surface area contributed by atoms with Gasteiger partial charge in [-0.25, -0.2) is 9.37 Å². The fourth-order valence-corrected chi connectivity index (χ4v) is 5.11. The quantitative estimate of drug-likeness (QED) is 0.512. The lowest BCUT2D eigenvalue weighted by Gasteiger charge is -2.52. The largest absolute Gasteiger partial charge is 0.530 e. The van der Waals surface area contributed by atoms with Crippen molar-refractivity contribution in [1.29, 1.82) is 0 Å². The third kappa shape index (κ3) is 5.12. The SMILES string of the molecule is CCC1(c2ccc(F)cc2)CN(Cc2cccnc2Nc2cc(Cl)cc(Cl)c2)CCN1C(=O)[O-]. The molecular weight excluding hydrogens is 478 g/mol. The molecule has 1 aliphatic rings. The van der Waals surface area contributed by atoms with Crippen molar-refractivity contribution in [3.63, 3.8) is 0 Å². The summed E-state index contributed by atoms with van der Waals surface area (Å²) < 4.78 is 13.6. The van der Waals surface area contributed by atoms with Crippen molar-refractivity contribution in [3.05, 3.63) is 87.8 Å². The van der Waals surface area contributed by atoms with Crippen LogP contribution in [0, 0.1) is 5.82 Å². The number of nitrogens with one attached hydrogen (secondary N) is 1. The van der Waals surface area contributed by atoms with E-state index in [4.69, 9.17) is 23.2 Å². The van der Waals surface area contributed by atoms with E-state index >= 15 is 0 Å². The molecule has 0 aliphatic carbocycles. The molecule has 0 spiro atoms. The smallest absolute Gasteiger partial charge is 0.137 e. The molecule has 1 aliphatic heterocycles. The number of anilines is 2. The first-order valence-electron chi connectivity index (χ1n) is 10.9. The molecule has 34 heavy (non-hydrogen) atoms. The minimum Gasteiger partial charge on any atom is -0.530 e. The van der Waals surface area contributed by atoms with Gasteiger partial charge >= 0.3 is 0 Å². The molecule has 0 bridgehead atoms. The Morgan fingerprint density at radius 1 is 1.15 bits per heavy atom. The first-order chi connectivity index (χ1) is 16.3. The maximum absolute atomic E-state index is 13.6. The summed E-state index contributed by atoms with van der Waals surface area (Å²) in [5, 5.41) is 16.3. The van der Waals surface area contributed by atoms with Crippen LogP contribution >= 0.6 is 23.2 Å². The highest BCUT2D eigenvalue weighted by molar-refractivity contribution is 6.35. The molecule has 0 saturated carbocycles. The monoisotopic (exact) mass is 501 g/mol. The molecule has 3 aromatic rings. The van der Waals surface area contributed by atoms with Crippen LogP contribution in [0.4, 0.5) is 20.7 Å². The number of carbonyl (C=O) groups is 1. The summed E-state index contributed by atoms with van der Waals surface area (Å²) in [7, 11) is 0. The predicted octanol–water partition coefficient (Wildman–Crippen LogP) is 5.04. The number of pyridine rings is 1. The summed E-state index contributed by atoms with van der Waals surface area (Å²) in [6, 6.07) is 15.0. The van der Waals surface area contributed by atoms with E-state index in [1.165, 1.54) is 17.0 Å². The topological polar surface area (TPSA) is 71.5 Å². The van der Waals surface area contributed by atoms with Gasteiger partial charge < -0.3 is 20.1 Å². The highest BCUT2D eigenvalue weighted by Crippen LogP contribution is 2.37. The number of halogens is 3. The van der Waals surface area contributed by atoms with E-state index in [1.807, 2.05) is 19.1 Å². The van der Waals surface area contributed by atoms with Crippen LogP contribution in [-0.2, 0) is 12.1 Å². The van der Waals surface area contributed by atoms with Crippen LogP contribution in [0.5, 0.6) is 0 Å². The molecular formula is C25H24Cl2FN4O2-. The first-order valence-corrected chi connectivity index (χ1v) is 11.7. The Hall–Kier alpha value is -2.87. The normalized spacial score (nSPS) is 18.6. The second-order valence-electron chi connectivity index (χ2n) is 8.31. The summed E-state index contributed by atoms with van der Waals surface area (Å²) in [6.45, 7) is 3.70. The van der Waals surface area contributed by atoms with Crippen LogP contribution in [0.25, 0.3) is 0 Å². The molecule has 178 valence electrons. The van der Waals surface area contributed by atoms with Gasteiger partial charge in [0.1, 0.15) is 17.7 Å². The van der Waals surface area contributed by atoms with E-state index in [0.29, 0.717) is 47.6 Å². The van der Waals surface area contributed by atoms with Crippen molar-refractivity contribution in [2.24, 2.45) is 0 Å². The van der Waals surface area contributed by atoms with Crippen LogP contribution < -0.4 is 10.4 Å². The molecule has 1 fully saturated rings. The Balaban J connectivity index is 1.61. The van der Waals surface area contributed by atoms with Crippen LogP contribution in [-0.4, -0.2) is 40.5 Å². The zero-order valence-corrected chi connectivity index (χ0v) is 20.1. The third-order valence-electron chi connectivity index (χ3n) is 6.24. The molecule has 1 atom stereocenters. The fraction of sp³-hybridized carbons (Fsp3) is 0.280. The summed E-state index contributed by atoms with van der Waals surface area (Å²) in [5.41, 5.74) is 1.54. The molecule has 2 heterocycles. The second kappa shape index (κ2) is 10.2. The van der Waals surface area contributed by atoms with Gasteiger partial charge in [0.15, 0.2) is 0 Å². The molecule has 0 radical (unpaired) electrons. The maximum Gasteiger partial charge on any atom is 0.137 e. The predicted molar refractivity (Wildman–Crippen MR) is 130 cm³/mol. The number of aromatic nitrogens is 1. The van der Waals surface area contributed by atoms with E-state index in [9.17, 15) is 14.3 Å². The molecule has 4 rings (SSSR count). The maximum atomic E-state index is 13.6. The fourth-order valence-electron chi connectivity index (χ4n) is 4.59. The van der Waals surface area contributed by atoms with E-state index in [-0.39, 0.29) is 12.4 Å². The Bertz CT molecular complexity index is 1160. The Morgan fingerprint density at radius 2 is 1.85 bits per heavy atom. The Kier molecular flexibility index (Phi) is 7.26. The number of piperazine rings is 1. The highest BCUT2D eigenvalue weighted by atomic mass is 35.5. The van der Waals surface area contributed by atoms with Gasteiger partial charge in [0.25, 0.3) is 0 Å². The summed E-state index contributed by atoms with van der Waals surface area (Å²) >= 11 is 12.3. The third-order valence-corrected chi connectivity index (χ3v) is 6.68. The minimum atomic E-state index is -1.23. The molecule has 2 aromatic carbocycles.